The number of aromatic nitrogens is 2. The Morgan fingerprint density at radius 2 is 2.17 bits per heavy atom. The lowest BCUT2D eigenvalue weighted by molar-refractivity contribution is 0.0517. The largest absolute Gasteiger partial charge is 0.461 e. The fourth-order valence-electron chi connectivity index (χ4n) is 2.09. The Labute approximate surface area is 136 Å². The van der Waals surface area contributed by atoms with Crippen LogP contribution in [0.4, 0.5) is 8.78 Å². The standard InChI is InChI=1S/C15H15ClF2N2O3/c1-2-23-15(22)13-11(5-6-21)14(16)20(19-13)8-9-3-4-10(17)7-12(9)18/h3-4,7,21H,2,5-6,8H2,1H3. The van der Waals surface area contributed by atoms with E-state index in [1.54, 1.807) is 6.92 Å². The van der Waals surface area contributed by atoms with Crippen molar-refractivity contribution >= 4 is 17.6 Å². The molecule has 23 heavy (non-hydrogen) atoms. The minimum atomic E-state index is -0.738. The summed E-state index contributed by atoms with van der Waals surface area (Å²) >= 11 is 6.17. The number of esters is 1. The van der Waals surface area contributed by atoms with Gasteiger partial charge in [-0.15, -0.1) is 0 Å². The highest BCUT2D eigenvalue weighted by molar-refractivity contribution is 6.30. The van der Waals surface area contributed by atoms with E-state index < -0.39 is 17.6 Å². The van der Waals surface area contributed by atoms with Crippen LogP contribution in [0.15, 0.2) is 18.2 Å². The number of halogens is 3. The number of aliphatic hydroxyl groups is 1. The maximum atomic E-state index is 13.7. The van der Waals surface area contributed by atoms with Crippen LogP contribution in [-0.4, -0.2) is 34.1 Å². The van der Waals surface area contributed by atoms with Gasteiger partial charge in [-0.25, -0.2) is 18.3 Å². The van der Waals surface area contributed by atoms with Gasteiger partial charge >= 0.3 is 5.97 Å². The van der Waals surface area contributed by atoms with Crippen molar-refractivity contribution in [3.63, 3.8) is 0 Å². The van der Waals surface area contributed by atoms with Crippen molar-refractivity contribution in [3.05, 3.63) is 51.8 Å². The number of aliphatic hydroxyl groups excluding tert-OH is 1. The van der Waals surface area contributed by atoms with Crippen molar-refractivity contribution in [2.45, 2.75) is 19.9 Å². The van der Waals surface area contributed by atoms with Gasteiger partial charge in [-0.3, -0.25) is 0 Å². The van der Waals surface area contributed by atoms with Crippen molar-refractivity contribution in [1.29, 1.82) is 0 Å². The Balaban J connectivity index is 2.38. The topological polar surface area (TPSA) is 64.3 Å². The van der Waals surface area contributed by atoms with Gasteiger partial charge in [0.1, 0.15) is 16.8 Å². The maximum absolute atomic E-state index is 13.7. The summed E-state index contributed by atoms with van der Waals surface area (Å²) in [5, 5.41) is 13.3. The van der Waals surface area contributed by atoms with Gasteiger partial charge in [0.15, 0.2) is 5.69 Å². The third-order valence-electron chi connectivity index (χ3n) is 3.15. The van der Waals surface area contributed by atoms with Crippen LogP contribution in [0.2, 0.25) is 5.15 Å². The predicted molar refractivity (Wildman–Crippen MR) is 79.4 cm³/mol. The highest BCUT2D eigenvalue weighted by atomic mass is 35.5. The average Bonchev–Trinajstić information content (AvgIpc) is 2.80. The third-order valence-corrected chi connectivity index (χ3v) is 3.57. The molecule has 5 nitrogen and oxygen atoms in total. The fourth-order valence-corrected chi connectivity index (χ4v) is 2.37. The van der Waals surface area contributed by atoms with E-state index in [4.69, 9.17) is 21.4 Å². The van der Waals surface area contributed by atoms with E-state index in [2.05, 4.69) is 5.10 Å². The molecular weight excluding hydrogens is 330 g/mol. The van der Waals surface area contributed by atoms with E-state index in [-0.39, 0.29) is 42.6 Å². The lowest BCUT2D eigenvalue weighted by Crippen LogP contribution is -2.10. The number of carbonyl (C=O) groups is 1. The van der Waals surface area contributed by atoms with Gasteiger partial charge in [0.25, 0.3) is 0 Å². The SMILES string of the molecule is CCOC(=O)c1nn(Cc2ccc(F)cc2F)c(Cl)c1CCO. The van der Waals surface area contributed by atoms with Crippen LogP contribution in [0.1, 0.15) is 28.5 Å². The van der Waals surface area contributed by atoms with Crippen LogP contribution in [0.3, 0.4) is 0 Å². The number of hydrogen-bond acceptors (Lipinski definition) is 4. The molecule has 2 aromatic rings. The number of hydrogen-bond donors (Lipinski definition) is 1. The van der Waals surface area contributed by atoms with Gasteiger partial charge in [-0.05, 0) is 13.0 Å². The molecule has 0 radical (unpaired) electrons. The molecule has 0 atom stereocenters. The second-order valence-corrected chi connectivity index (χ2v) is 5.06. The number of carbonyl (C=O) groups excluding carboxylic acids is 1. The van der Waals surface area contributed by atoms with Crippen molar-refractivity contribution in [3.8, 4) is 0 Å². The van der Waals surface area contributed by atoms with Crippen molar-refractivity contribution < 1.29 is 23.4 Å². The third kappa shape index (κ3) is 3.86. The molecule has 2 rings (SSSR count). The molecule has 1 heterocycles. The van der Waals surface area contributed by atoms with Gasteiger partial charge < -0.3 is 9.84 Å². The average molecular weight is 345 g/mol. The monoisotopic (exact) mass is 344 g/mol. The molecule has 1 aromatic heterocycles. The van der Waals surface area contributed by atoms with Crippen LogP contribution < -0.4 is 0 Å². The van der Waals surface area contributed by atoms with E-state index in [1.807, 2.05) is 0 Å². The van der Waals surface area contributed by atoms with Crippen molar-refractivity contribution in [2.75, 3.05) is 13.2 Å². The highest BCUT2D eigenvalue weighted by Crippen LogP contribution is 2.23. The fraction of sp³-hybridized carbons (Fsp3) is 0.333. The molecule has 0 aliphatic carbocycles. The van der Waals surface area contributed by atoms with E-state index in [0.29, 0.717) is 5.56 Å². The van der Waals surface area contributed by atoms with Crippen LogP contribution in [0.5, 0.6) is 0 Å². The molecule has 0 aliphatic heterocycles. The van der Waals surface area contributed by atoms with Crippen LogP contribution >= 0.6 is 11.6 Å². The lowest BCUT2D eigenvalue weighted by Gasteiger charge is -2.05. The van der Waals surface area contributed by atoms with Gasteiger partial charge in [0.2, 0.25) is 0 Å². The second-order valence-electron chi connectivity index (χ2n) is 4.71. The quantitative estimate of drug-likeness (QED) is 0.818. The van der Waals surface area contributed by atoms with E-state index in [1.165, 1.54) is 10.7 Å². The minimum absolute atomic E-state index is 0.0200. The molecule has 0 amide bonds. The molecule has 0 fully saturated rings. The maximum Gasteiger partial charge on any atom is 0.359 e. The summed E-state index contributed by atoms with van der Waals surface area (Å²) in [4.78, 5) is 11.9. The molecule has 0 aliphatic rings. The first kappa shape index (κ1) is 17.4. The summed E-state index contributed by atoms with van der Waals surface area (Å²) < 4.78 is 32.8. The molecule has 0 bridgehead atoms. The predicted octanol–water partition coefficient (Wildman–Crippen LogP) is 2.57. The molecule has 0 saturated heterocycles. The van der Waals surface area contributed by atoms with Crippen molar-refractivity contribution in [1.82, 2.24) is 9.78 Å². The summed E-state index contributed by atoms with van der Waals surface area (Å²) in [6.45, 7) is 1.50. The minimum Gasteiger partial charge on any atom is -0.461 e. The van der Waals surface area contributed by atoms with E-state index >= 15 is 0 Å². The van der Waals surface area contributed by atoms with Gasteiger partial charge in [-0.1, -0.05) is 17.7 Å². The molecule has 0 spiro atoms. The summed E-state index contributed by atoms with van der Waals surface area (Å²) in [6, 6.07) is 3.16. The molecule has 0 unspecified atom stereocenters. The lowest BCUT2D eigenvalue weighted by atomic mass is 10.2. The summed E-state index contributed by atoms with van der Waals surface area (Å²) in [5.74, 6) is -2.10. The Morgan fingerprint density at radius 3 is 2.78 bits per heavy atom. The Hall–Kier alpha value is -1.99. The zero-order valence-corrected chi connectivity index (χ0v) is 13.1. The first-order valence-corrected chi connectivity index (χ1v) is 7.32. The Bertz CT molecular complexity index is 719. The van der Waals surface area contributed by atoms with Crippen LogP contribution in [0, 0.1) is 11.6 Å². The van der Waals surface area contributed by atoms with Crippen LogP contribution in [-0.2, 0) is 17.7 Å². The van der Waals surface area contributed by atoms with E-state index in [0.717, 1.165) is 12.1 Å². The van der Waals surface area contributed by atoms with Gasteiger partial charge in [0, 0.05) is 30.2 Å². The Kier molecular flexibility index (Phi) is 5.68. The summed E-state index contributed by atoms with van der Waals surface area (Å²) in [7, 11) is 0. The molecule has 0 saturated carbocycles. The zero-order chi connectivity index (χ0) is 17.0. The Morgan fingerprint density at radius 1 is 1.43 bits per heavy atom. The first-order chi connectivity index (χ1) is 11.0. The molecule has 8 heteroatoms. The number of ether oxygens (including phenoxy) is 1. The van der Waals surface area contributed by atoms with Crippen molar-refractivity contribution in [2.24, 2.45) is 0 Å². The normalized spacial score (nSPS) is 10.8. The smallest absolute Gasteiger partial charge is 0.359 e. The second kappa shape index (κ2) is 7.52. The highest BCUT2D eigenvalue weighted by Gasteiger charge is 2.23. The first-order valence-electron chi connectivity index (χ1n) is 6.95. The number of nitrogens with zero attached hydrogens (tertiary/aromatic N) is 2. The van der Waals surface area contributed by atoms with E-state index in [9.17, 15) is 13.6 Å². The zero-order valence-electron chi connectivity index (χ0n) is 12.4. The summed E-state index contributed by atoms with van der Waals surface area (Å²) in [5.41, 5.74) is 0.477. The van der Waals surface area contributed by atoms with Crippen LogP contribution in [0.25, 0.3) is 0 Å². The molecule has 1 N–H and O–H groups in total. The van der Waals surface area contributed by atoms with Gasteiger partial charge in [0.05, 0.1) is 13.2 Å². The summed E-state index contributed by atoms with van der Waals surface area (Å²) in [6.07, 6.45) is 0.110. The molecular formula is C15H15ClF2N2O3. The molecule has 1 aromatic carbocycles. The van der Waals surface area contributed by atoms with Gasteiger partial charge in [-0.2, -0.15) is 5.10 Å². The number of benzene rings is 1. The molecule has 124 valence electrons. The number of rotatable bonds is 6.